The summed E-state index contributed by atoms with van der Waals surface area (Å²) >= 11 is 1.41. The fraction of sp³-hybridized carbons (Fsp3) is 0.188. The summed E-state index contributed by atoms with van der Waals surface area (Å²) in [4.78, 5) is 13.2. The van der Waals surface area contributed by atoms with E-state index in [0.717, 1.165) is 10.6 Å². The van der Waals surface area contributed by atoms with Gasteiger partial charge in [-0.15, -0.1) is 0 Å². The Kier molecular flexibility index (Phi) is 5.11. The summed E-state index contributed by atoms with van der Waals surface area (Å²) in [6.07, 6.45) is 0. The normalized spacial score (nSPS) is 10.2. The van der Waals surface area contributed by atoms with Crippen molar-refractivity contribution in [2.75, 3.05) is 13.7 Å². The molecule has 2 aromatic carbocycles. The topological polar surface area (TPSA) is 55.8 Å². The van der Waals surface area contributed by atoms with Gasteiger partial charge in [0.25, 0.3) is 0 Å². The second-order valence-corrected chi connectivity index (χ2v) is 5.30. The van der Waals surface area contributed by atoms with E-state index in [0.29, 0.717) is 17.1 Å². The Balaban J connectivity index is 2.15. The maximum atomic E-state index is 11.6. The van der Waals surface area contributed by atoms with Crippen LogP contribution in [0.3, 0.4) is 0 Å². The fourth-order valence-electron chi connectivity index (χ4n) is 1.72. The highest BCUT2D eigenvalue weighted by atomic mass is 32.2. The molecule has 0 unspecified atom stereocenters. The molecule has 0 amide bonds. The highest BCUT2D eigenvalue weighted by Gasteiger charge is 2.11. The standard InChI is InChI=1S/C16H16O4S/c1-3-20-16(18)11-4-9-15(14(17)10-11)21-13-7-5-12(19-2)6-8-13/h4-10,17H,3H2,1-2H3. The van der Waals surface area contributed by atoms with E-state index in [4.69, 9.17) is 9.47 Å². The molecule has 0 aliphatic heterocycles. The number of phenols is 1. The maximum absolute atomic E-state index is 11.6. The van der Waals surface area contributed by atoms with Crippen molar-refractivity contribution in [1.29, 1.82) is 0 Å². The number of aromatic hydroxyl groups is 1. The third-order valence-electron chi connectivity index (χ3n) is 2.76. The van der Waals surface area contributed by atoms with Gasteiger partial charge in [-0.3, -0.25) is 0 Å². The molecule has 0 fully saturated rings. The fourth-order valence-corrected chi connectivity index (χ4v) is 2.54. The van der Waals surface area contributed by atoms with Gasteiger partial charge in [0, 0.05) is 4.90 Å². The predicted molar refractivity (Wildman–Crippen MR) is 81.2 cm³/mol. The number of esters is 1. The molecule has 1 N–H and O–H groups in total. The maximum Gasteiger partial charge on any atom is 0.338 e. The number of rotatable bonds is 5. The Hall–Kier alpha value is -2.14. The predicted octanol–water partition coefficient (Wildman–Crippen LogP) is 3.73. The van der Waals surface area contributed by atoms with E-state index in [9.17, 15) is 9.90 Å². The highest BCUT2D eigenvalue weighted by Crippen LogP contribution is 2.35. The molecule has 5 heteroatoms. The van der Waals surface area contributed by atoms with Crippen LogP contribution < -0.4 is 4.74 Å². The lowest BCUT2D eigenvalue weighted by Crippen LogP contribution is -2.04. The first kappa shape index (κ1) is 15.3. The van der Waals surface area contributed by atoms with Crippen molar-refractivity contribution in [2.45, 2.75) is 16.7 Å². The molecule has 0 saturated carbocycles. The molecule has 0 aromatic heterocycles. The molecular weight excluding hydrogens is 288 g/mol. The van der Waals surface area contributed by atoms with Gasteiger partial charge in [-0.1, -0.05) is 11.8 Å². The highest BCUT2D eigenvalue weighted by molar-refractivity contribution is 7.99. The van der Waals surface area contributed by atoms with Gasteiger partial charge in [0.05, 0.1) is 24.2 Å². The first-order valence-corrected chi connectivity index (χ1v) is 7.27. The molecule has 0 aliphatic carbocycles. The van der Waals surface area contributed by atoms with Crippen LogP contribution in [0.2, 0.25) is 0 Å². The molecule has 0 saturated heterocycles. The van der Waals surface area contributed by atoms with Crippen LogP contribution in [0.1, 0.15) is 17.3 Å². The number of phenolic OH excluding ortho intramolecular Hbond substituents is 1. The van der Waals surface area contributed by atoms with Crippen LogP contribution in [0.4, 0.5) is 0 Å². The summed E-state index contributed by atoms with van der Waals surface area (Å²) in [5, 5.41) is 10.0. The summed E-state index contributed by atoms with van der Waals surface area (Å²) in [5.74, 6) is 0.399. The number of carbonyl (C=O) groups excluding carboxylic acids is 1. The van der Waals surface area contributed by atoms with E-state index in [-0.39, 0.29) is 5.75 Å². The van der Waals surface area contributed by atoms with Crippen LogP contribution >= 0.6 is 11.8 Å². The second-order valence-electron chi connectivity index (χ2n) is 4.18. The monoisotopic (exact) mass is 304 g/mol. The van der Waals surface area contributed by atoms with Gasteiger partial charge in [-0.05, 0) is 49.4 Å². The van der Waals surface area contributed by atoms with Crippen molar-refractivity contribution in [1.82, 2.24) is 0 Å². The third-order valence-corrected chi connectivity index (χ3v) is 3.83. The van der Waals surface area contributed by atoms with Crippen molar-refractivity contribution in [2.24, 2.45) is 0 Å². The molecule has 0 radical (unpaired) electrons. The van der Waals surface area contributed by atoms with Crippen LogP contribution in [0.15, 0.2) is 52.3 Å². The van der Waals surface area contributed by atoms with Crippen LogP contribution in [-0.2, 0) is 4.74 Å². The van der Waals surface area contributed by atoms with Crippen LogP contribution in [0.5, 0.6) is 11.5 Å². The third kappa shape index (κ3) is 3.92. The van der Waals surface area contributed by atoms with Crippen LogP contribution in [0, 0.1) is 0 Å². The van der Waals surface area contributed by atoms with Gasteiger partial charge in [-0.2, -0.15) is 0 Å². The van der Waals surface area contributed by atoms with E-state index >= 15 is 0 Å². The quantitative estimate of drug-likeness (QED) is 0.853. The zero-order valence-corrected chi connectivity index (χ0v) is 12.6. The molecule has 2 aromatic rings. The molecule has 0 bridgehead atoms. The lowest BCUT2D eigenvalue weighted by Gasteiger charge is -2.07. The smallest absolute Gasteiger partial charge is 0.338 e. The Bertz CT molecular complexity index is 623. The number of methoxy groups -OCH3 is 1. The van der Waals surface area contributed by atoms with E-state index < -0.39 is 5.97 Å². The van der Waals surface area contributed by atoms with Gasteiger partial charge in [0.15, 0.2) is 0 Å². The molecule has 4 nitrogen and oxygen atoms in total. The SMILES string of the molecule is CCOC(=O)c1ccc(Sc2ccc(OC)cc2)c(O)c1. The lowest BCUT2D eigenvalue weighted by molar-refractivity contribution is 0.0526. The zero-order valence-electron chi connectivity index (χ0n) is 11.8. The van der Waals surface area contributed by atoms with Crippen molar-refractivity contribution >= 4 is 17.7 Å². The van der Waals surface area contributed by atoms with E-state index in [1.54, 1.807) is 26.2 Å². The Morgan fingerprint density at radius 1 is 1.19 bits per heavy atom. The van der Waals surface area contributed by atoms with Crippen molar-refractivity contribution < 1.29 is 19.4 Å². The average Bonchev–Trinajstić information content (AvgIpc) is 2.50. The van der Waals surface area contributed by atoms with Gasteiger partial charge in [-0.25, -0.2) is 4.79 Å². The molecule has 0 atom stereocenters. The molecule has 0 spiro atoms. The molecule has 21 heavy (non-hydrogen) atoms. The van der Waals surface area contributed by atoms with Gasteiger partial charge >= 0.3 is 5.97 Å². The Labute approximate surface area is 127 Å². The first-order chi connectivity index (χ1) is 10.1. The molecule has 0 aliphatic rings. The minimum atomic E-state index is -0.436. The summed E-state index contributed by atoms with van der Waals surface area (Å²) in [6.45, 7) is 2.05. The largest absolute Gasteiger partial charge is 0.507 e. The summed E-state index contributed by atoms with van der Waals surface area (Å²) in [5.41, 5.74) is 0.341. The minimum Gasteiger partial charge on any atom is -0.507 e. The second kappa shape index (κ2) is 7.04. The van der Waals surface area contributed by atoms with Gasteiger partial charge in [0.1, 0.15) is 11.5 Å². The molecule has 0 heterocycles. The Morgan fingerprint density at radius 3 is 2.48 bits per heavy atom. The van der Waals surface area contributed by atoms with Crippen molar-refractivity contribution in [3.8, 4) is 11.5 Å². The lowest BCUT2D eigenvalue weighted by atomic mass is 10.2. The molecule has 2 rings (SSSR count). The number of ether oxygens (including phenoxy) is 2. The number of benzene rings is 2. The first-order valence-electron chi connectivity index (χ1n) is 6.46. The van der Waals surface area contributed by atoms with Gasteiger partial charge in [0.2, 0.25) is 0 Å². The zero-order chi connectivity index (χ0) is 15.2. The number of hydrogen-bond donors (Lipinski definition) is 1. The summed E-state index contributed by atoms with van der Waals surface area (Å²) in [6, 6.07) is 12.3. The van der Waals surface area contributed by atoms with E-state index in [1.165, 1.54) is 17.8 Å². The van der Waals surface area contributed by atoms with Crippen molar-refractivity contribution in [3.63, 3.8) is 0 Å². The summed E-state index contributed by atoms with van der Waals surface area (Å²) in [7, 11) is 1.61. The van der Waals surface area contributed by atoms with Crippen LogP contribution in [0.25, 0.3) is 0 Å². The molecular formula is C16H16O4S. The number of hydrogen-bond acceptors (Lipinski definition) is 5. The van der Waals surface area contributed by atoms with Gasteiger partial charge < -0.3 is 14.6 Å². The average molecular weight is 304 g/mol. The minimum absolute atomic E-state index is 0.0568. The van der Waals surface area contributed by atoms with E-state index in [1.807, 2.05) is 24.3 Å². The van der Waals surface area contributed by atoms with Crippen LogP contribution in [-0.4, -0.2) is 24.8 Å². The van der Waals surface area contributed by atoms with Crippen molar-refractivity contribution in [3.05, 3.63) is 48.0 Å². The number of carbonyl (C=O) groups is 1. The Morgan fingerprint density at radius 2 is 1.90 bits per heavy atom. The summed E-state index contributed by atoms with van der Waals surface area (Å²) < 4.78 is 9.99. The van der Waals surface area contributed by atoms with E-state index in [2.05, 4.69) is 0 Å². The molecule has 110 valence electrons.